The van der Waals surface area contributed by atoms with E-state index in [0.29, 0.717) is 0 Å². The maximum Gasteiger partial charge on any atom is 0.310 e. The van der Waals surface area contributed by atoms with Gasteiger partial charge >= 0.3 is 5.97 Å². The monoisotopic (exact) mass is 355 g/mol. The summed E-state index contributed by atoms with van der Waals surface area (Å²) in [5.74, 6) is -2.25. The lowest BCUT2D eigenvalue weighted by molar-refractivity contribution is -0.147. The second kappa shape index (κ2) is 8.09. The molecule has 134 valence electrons. The molecule has 1 heterocycles. The van der Waals surface area contributed by atoms with Gasteiger partial charge < -0.3 is 10.2 Å². The standard InChI is InChI=1S/C17H25NO5S/c1-2-3-4-5-13-6-8-14(9-7-13)24(22,23)18-11-10-16(19)15(12-18)17(20)21/h6-9,15-16,19H,2-5,10-12H2,1H3,(H,20,21)/t15-,16+/m0/s1. The van der Waals surface area contributed by atoms with Gasteiger partial charge in [0.05, 0.1) is 16.9 Å². The van der Waals surface area contributed by atoms with Crippen molar-refractivity contribution >= 4 is 16.0 Å². The lowest BCUT2D eigenvalue weighted by atomic mass is 9.96. The number of aliphatic hydroxyl groups is 1. The van der Waals surface area contributed by atoms with E-state index in [1.807, 2.05) is 12.1 Å². The van der Waals surface area contributed by atoms with Gasteiger partial charge in [-0.3, -0.25) is 4.79 Å². The quantitative estimate of drug-likeness (QED) is 0.728. The molecule has 1 aromatic carbocycles. The minimum Gasteiger partial charge on any atom is -0.481 e. The highest BCUT2D eigenvalue weighted by atomic mass is 32.2. The summed E-state index contributed by atoms with van der Waals surface area (Å²) in [6.07, 6.45) is 3.41. The number of unbranched alkanes of at least 4 members (excludes halogenated alkanes) is 2. The van der Waals surface area contributed by atoms with E-state index in [9.17, 15) is 18.3 Å². The molecular weight excluding hydrogens is 330 g/mol. The molecule has 2 N–H and O–H groups in total. The topological polar surface area (TPSA) is 94.9 Å². The van der Waals surface area contributed by atoms with Crippen LogP contribution in [0.1, 0.15) is 38.2 Å². The summed E-state index contributed by atoms with van der Waals surface area (Å²) in [5.41, 5.74) is 1.10. The first kappa shape index (κ1) is 18.9. The molecule has 2 rings (SSSR count). The van der Waals surface area contributed by atoms with Gasteiger partial charge in [0, 0.05) is 13.1 Å². The van der Waals surface area contributed by atoms with Gasteiger partial charge in [-0.05, 0) is 37.0 Å². The molecule has 1 saturated heterocycles. The molecule has 1 aromatic rings. The predicted octanol–water partition coefficient (Wildman–Crippen LogP) is 1.88. The highest BCUT2D eigenvalue weighted by molar-refractivity contribution is 7.89. The Balaban J connectivity index is 2.10. The van der Waals surface area contributed by atoms with Crippen LogP contribution < -0.4 is 0 Å². The van der Waals surface area contributed by atoms with Gasteiger partial charge in [0.1, 0.15) is 0 Å². The van der Waals surface area contributed by atoms with E-state index in [-0.39, 0.29) is 24.4 Å². The maximum absolute atomic E-state index is 12.7. The molecule has 1 aliphatic heterocycles. The number of nitrogens with zero attached hydrogens (tertiary/aromatic N) is 1. The smallest absolute Gasteiger partial charge is 0.310 e. The average Bonchev–Trinajstić information content (AvgIpc) is 2.55. The third-order valence-corrected chi connectivity index (χ3v) is 6.37. The van der Waals surface area contributed by atoms with Crippen molar-refractivity contribution in [2.45, 2.75) is 50.0 Å². The highest BCUT2D eigenvalue weighted by Crippen LogP contribution is 2.24. The van der Waals surface area contributed by atoms with Crippen molar-refractivity contribution in [2.24, 2.45) is 5.92 Å². The van der Waals surface area contributed by atoms with Gasteiger partial charge in [-0.2, -0.15) is 4.31 Å². The van der Waals surface area contributed by atoms with Crippen molar-refractivity contribution in [2.75, 3.05) is 13.1 Å². The summed E-state index contributed by atoms with van der Waals surface area (Å²) < 4.78 is 26.5. The average molecular weight is 355 g/mol. The van der Waals surface area contributed by atoms with E-state index in [2.05, 4.69) is 6.92 Å². The molecule has 0 spiro atoms. The van der Waals surface area contributed by atoms with Crippen LogP contribution in [0.3, 0.4) is 0 Å². The summed E-state index contributed by atoms with van der Waals surface area (Å²) in [5, 5.41) is 18.9. The number of rotatable bonds is 7. The molecule has 0 aromatic heterocycles. The lowest BCUT2D eigenvalue weighted by Crippen LogP contribution is -2.48. The van der Waals surface area contributed by atoms with Crippen LogP contribution in [-0.4, -0.2) is 48.1 Å². The van der Waals surface area contributed by atoms with E-state index >= 15 is 0 Å². The third kappa shape index (κ3) is 4.34. The first-order valence-electron chi connectivity index (χ1n) is 8.36. The molecule has 6 nitrogen and oxygen atoms in total. The molecule has 0 radical (unpaired) electrons. The van der Waals surface area contributed by atoms with Crippen molar-refractivity contribution in [3.63, 3.8) is 0 Å². The normalized spacial score (nSPS) is 22.4. The van der Waals surface area contributed by atoms with E-state index in [1.54, 1.807) is 12.1 Å². The highest BCUT2D eigenvalue weighted by Gasteiger charge is 2.38. The number of carboxylic acids is 1. The summed E-state index contributed by atoms with van der Waals surface area (Å²) >= 11 is 0. The van der Waals surface area contributed by atoms with Crippen LogP contribution in [0.4, 0.5) is 0 Å². The largest absolute Gasteiger partial charge is 0.481 e. The predicted molar refractivity (Wildman–Crippen MR) is 90.2 cm³/mol. The van der Waals surface area contributed by atoms with Crippen LogP contribution in [0.25, 0.3) is 0 Å². The molecule has 7 heteroatoms. The molecule has 0 saturated carbocycles. The third-order valence-electron chi connectivity index (χ3n) is 4.49. The molecule has 0 aliphatic carbocycles. The molecule has 1 aliphatic rings. The summed E-state index contributed by atoms with van der Waals surface area (Å²) in [6.45, 7) is 2.07. The number of aryl methyl sites for hydroxylation is 1. The van der Waals surface area contributed by atoms with E-state index in [4.69, 9.17) is 5.11 Å². The summed E-state index contributed by atoms with van der Waals surface area (Å²) in [4.78, 5) is 11.3. The van der Waals surface area contributed by atoms with Crippen molar-refractivity contribution in [1.29, 1.82) is 0 Å². The fraction of sp³-hybridized carbons (Fsp3) is 0.588. The van der Waals surface area contributed by atoms with Crippen LogP contribution >= 0.6 is 0 Å². The number of piperidine rings is 1. The van der Waals surface area contributed by atoms with Crippen molar-refractivity contribution < 1.29 is 23.4 Å². The second-order valence-electron chi connectivity index (χ2n) is 6.26. The van der Waals surface area contributed by atoms with Gasteiger partial charge in [0.2, 0.25) is 10.0 Å². The summed E-state index contributed by atoms with van der Waals surface area (Å²) in [6, 6.07) is 6.79. The zero-order valence-electron chi connectivity index (χ0n) is 13.9. The molecule has 24 heavy (non-hydrogen) atoms. The Morgan fingerprint density at radius 1 is 1.25 bits per heavy atom. The van der Waals surface area contributed by atoms with Gasteiger partial charge in [0.25, 0.3) is 0 Å². The fourth-order valence-electron chi connectivity index (χ4n) is 2.93. The number of aliphatic carboxylic acids is 1. The van der Waals surface area contributed by atoms with Crippen molar-refractivity contribution in [3.8, 4) is 0 Å². The fourth-order valence-corrected chi connectivity index (χ4v) is 4.41. The number of hydrogen-bond donors (Lipinski definition) is 2. The Labute approximate surface area is 143 Å². The Hall–Kier alpha value is -1.44. The first-order chi connectivity index (χ1) is 11.4. The van der Waals surface area contributed by atoms with Crippen molar-refractivity contribution in [3.05, 3.63) is 29.8 Å². The first-order valence-corrected chi connectivity index (χ1v) is 9.80. The van der Waals surface area contributed by atoms with E-state index in [0.717, 1.165) is 35.6 Å². The van der Waals surface area contributed by atoms with Crippen LogP contribution in [0.5, 0.6) is 0 Å². The van der Waals surface area contributed by atoms with Crippen LogP contribution in [-0.2, 0) is 21.2 Å². The Kier molecular flexibility index (Phi) is 6.37. The maximum atomic E-state index is 12.7. The van der Waals surface area contributed by atoms with Gasteiger partial charge in [0.15, 0.2) is 0 Å². The number of carbonyl (C=O) groups is 1. The number of sulfonamides is 1. The molecule has 2 atom stereocenters. The minimum atomic E-state index is -3.73. The molecule has 0 amide bonds. The SMILES string of the molecule is CCCCCc1ccc(S(=O)(=O)N2CC[C@@H](O)[C@@H](C(=O)O)C2)cc1. The number of aliphatic hydroxyl groups excluding tert-OH is 1. The zero-order chi connectivity index (χ0) is 17.7. The Morgan fingerprint density at radius 2 is 1.92 bits per heavy atom. The number of carboxylic acid groups (broad SMARTS) is 1. The number of benzene rings is 1. The van der Waals surface area contributed by atoms with Gasteiger partial charge in [-0.1, -0.05) is 31.9 Å². The van der Waals surface area contributed by atoms with E-state index in [1.165, 1.54) is 0 Å². The molecule has 0 bridgehead atoms. The Bertz CT molecular complexity index is 656. The van der Waals surface area contributed by atoms with E-state index < -0.39 is 28.0 Å². The lowest BCUT2D eigenvalue weighted by Gasteiger charge is -2.33. The Morgan fingerprint density at radius 3 is 2.50 bits per heavy atom. The van der Waals surface area contributed by atoms with Gasteiger partial charge in [-0.25, -0.2) is 8.42 Å². The molecule has 0 unspecified atom stereocenters. The number of hydrogen-bond acceptors (Lipinski definition) is 4. The van der Waals surface area contributed by atoms with Crippen molar-refractivity contribution in [1.82, 2.24) is 4.31 Å². The zero-order valence-corrected chi connectivity index (χ0v) is 14.7. The second-order valence-corrected chi connectivity index (χ2v) is 8.20. The molecule has 1 fully saturated rings. The van der Waals surface area contributed by atoms with Crippen LogP contribution in [0.2, 0.25) is 0 Å². The minimum absolute atomic E-state index is 0.130. The summed E-state index contributed by atoms with van der Waals surface area (Å²) in [7, 11) is -3.73. The van der Waals surface area contributed by atoms with Crippen LogP contribution in [0.15, 0.2) is 29.2 Å². The molecular formula is C17H25NO5S. The van der Waals surface area contributed by atoms with Crippen LogP contribution in [0, 0.1) is 5.92 Å². The van der Waals surface area contributed by atoms with Gasteiger partial charge in [-0.15, -0.1) is 0 Å².